The molecule has 7 nitrogen and oxygen atoms in total. The first-order valence-corrected chi connectivity index (χ1v) is 5.44. The number of nitrogens with zero attached hydrogens (tertiary/aromatic N) is 2. The first-order chi connectivity index (χ1) is 10.4. The number of rotatable bonds is 5. The molecule has 126 valence electrons. The summed E-state index contributed by atoms with van der Waals surface area (Å²) < 4.78 is 73.8. The fourth-order valence-corrected chi connectivity index (χ4v) is 1.17. The van der Waals surface area contributed by atoms with Crippen molar-refractivity contribution in [3.05, 3.63) is 40.2 Å². The van der Waals surface area contributed by atoms with Crippen LogP contribution in [0.5, 0.6) is 0 Å². The maximum atomic E-state index is 12.6. The second-order valence-electron chi connectivity index (χ2n) is 3.80. The number of pyridine rings is 1. The van der Waals surface area contributed by atoms with Crippen LogP contribution in [0.2, 0.25) is 0 Å². The number of nitrogens with one attached hydrogen (secondary N) is 2. The highest BCUT2D eigenvalue weighted by atomic mass is 19.4. The largest absolute Gasteiger partial charge is 0.454 e. The number of nitro groups is 1. The van der Waals surface area contributed by atoms with Gasteiger partial charge in [0.15, 0.2) is 0 Å². The van der Waals surface area contributed by atoms with E-state index in [0.29, 0.717) is 0 Å². The maximum Gasteiger partial charge on any atom is 0.454 e. The first-order valence-electron chi connectivity index (χ1n) is 5.44. The van der Waals surface area contributed by atoms with E-state index in [-0.39, 0.29) is 0 Å². The molecule has 0 aliphatic carbocycles. The van der Waals surface area contributed by atoms with Crippen LogP contribution in [0, 0.1) is 10.1 Å². The predicted molar refractivity (Wildman–Crippen MR) is 62.8 cm³/mol. The molecule has 23 heavy (non-hydrogen) atoms. The molecule has 0 aliphatic heterocycles. The van der Waals surface area contributed by atoms with Gasteiger partial charge in [-0.2, -0.15) is 26.3 Å². The summed E-state index contributed by atoms with van der Waals surface area (Å²) in [4.78, 5) is 23.6. The third-order valence-corrected chi connectivity index (χ3v) is 2.16. The minimum Gasteiger partial charge on any atom is -0.295 e. The fraction of sp³-hybridized carbons (Fsp3) is 0.200. The number of ketones is 1. The maximum absolute atomic E-state index is 12.6. The number of hydrazine groups is 1. The molecule has 2 N–H and O–H groups in total. The quantitative estimate of drug-likeness (QED) is 0.369. The van der Waals surface area contributed by atoms with Gasteiger partial charge in [0, 0.05) is 18.3 Å². The number of carbonyl (C=O) groups is 1. The summed E-state index contributed by atoms with van der Waals surface area (Å²) in [6.45, 7) is 0. The van der Waals surface area contributed by atoms with Gasteiger partial charge in [-0.3, -0.25) is 25.8 Å². The zero-order chi connectivity index (χ0) is 17.8. The minimum atomic E-state index is -5.50. The SMILES string of the molecule is O=C(/C=C(/NNc1ncccc1[N+](=O)[O-])C(F)(F)F)C(F)(F)F. The van der Waals surface area contributed by atoms with Gasteiger partial charge in [0.25, 0.3) is 5.78 Å². The van der Waals surface area contributed by atoms with Gasteiger partial charge in [-0.25, -0.2) is 4.98 Å². The highest BCUT2D eigenvalue weighted by Gasteiger charge is 2.41. The van der Waals surface area contributed by atoms with Crippen LogP contribution < -0.4 is 10.9 Å². The summed E-state index contributed by atoms with van der Waals surface area (Å²) in [5.74, 6) is -3.44. The van der Waals surface area contributed by atoms with Gasteiger partial charge in [0.05, 0.1) is 4.92 Å². The Kier molecular flexibility index (Phi) is 5.14. The number of hydrogen-bond acceptors (Lipinski definition) is 6. The van der Waals surface area contributed by atoms with E-state index in [1.54, 1.807) is 5.43 Å². The Balaban J connectivity index is 3.04. The lowest BCUT2D eigenvalue weighted by molar-refractivity contribution is -0.384. The van der Waals surface area contributed by atoms with E-state index >= 15 is 0 Å². The standard InChI is InChI=1S/C10H6F6N4O3/c11-9(12,13)6(4-7(21)10(14,15)16)18-19-8-5(20(22)23)2-1-3-17-8/h1-4,18H,(H,17,19)/b6-4+. The van der Waals surface area contributed by atoms with Gasteiger partial charge in [-0.05, 0) is 6.07 Å². The number of hydrogen-bond donors (Lipinski definition) is 2. The second kappa shape index (κ2) is 6.50. The highest BCUT2D eigenvalue weighted by Crippen LogP contribution is 2.27. The van der Waals surface area contributed by atoms with E-state index < -0.39 is 46.3 Å². The van der Waals surface area contributed by atoms with E-state index in [0.717, 1.165) is 18.3 Å². The van der Waals surface area contributed by atoms with E-state index in [9.17, 15) is 41.3 Å². The topological polar surface area (TPSA) is 97.2 Å². The minimum absolute atomic E-state index is 0.688. The normalized spacial score (nSPS) is 12.7. The average molecular weight is 344 g/mol. The zero-order valence-corrected chi connectivity index (χ0v) is 10.7. The molecule has 1 aromatic heterocycles. The molecule has 0 radical (unpaired) electrons. The van der Waals surface area contributed by atoms with Gasteiger partial charge in [0.2, 0.25) is 5.82 Å². The summed E-state index contributed by atoms with van der Waals surface area (Å²) in [5, 5.41) is 10.6. The van der Waals surface area contributed by atoms with Crippen molar-refractivity contribution < 1.29 is 36.1 Å². The lowest BCUT2D eigenvalue weighted by Gasteiger charge is -2.15. The van der Waals surface area contributed by atoms with Gasteiger partial charge in [-0.1, -0.05) is 0 Å². The molecule has 1 rings (SSSR count). The Hall–Kier alpha value is -2.86. The third-order valence-electron chi connectivity index (χ3n) is 2.16. The van der Waals surface area contributed by atoms with Crippen LogP contribution in [0.4, 0.5) is 37.8 Å². The van der Waals surface area contributed by atoms with E-state index in [1.807, 2.05) is 0 Å². The summed E-state index contributed by atoms with van der Waals surface area (Å²) in [5.41, 5.74) is 0.0899. The van der Waals surface area contributed by atoms with Crippen LogP contribution in [0.15, 0.2) is 30.1 Å². The predicted octanol–water partition coefficient (Wildman–Crippen LogP) is 2.48. The molecule has 0 aliphatic rings. The van der Waals surface area contributed by atoms with Crippen molar-refractivity contribution in [2.24, 2.45) is 0 Å². The van der Waals surface area contributed by atoms with Crippen molar-refractivity contribution >= 4 is 17.3 Å². The molecular weight excluding hydrogens is 338 g/mol. The Morgan fingerprint density at radius 1 is 1.22 bits per heavy atom. The highest BCUT2D eigenvalue weighted by molar-refractivity contribution is 5.95. The molecule has 1 heterocycles. The number of alkyl halides is 6. The molecule has 1 aromatic rings. The molecule has 0 bridgehead atoms. The van der Waals surface area contributed by atoms with Crippen LogP contribution in [0.25, 0.3) is 0 Å². The molecule has 0 saturated carbocycles. The van der Waals surface area contributed by atoms with Crippen LogP contribution in [0.3, 0.4) is 0 Å². The van der Waals surface area contributed by atoms with Crippen molar-refractivity contribution in [3.8, 4) is 0 Å². The smallest absolute Gasteiger partial charge is 0.295 e. The van der Waals surface area contributed by atoms with E-state index in [4.69, 9.17) is 0 Å². The Bertz CT molecular complexity index is 640. The fourth-order valence-electron chi connectivity index (χ4n) is 1.17. The van der Waals surface area contributed by atoms with Crippen LogP contribution in [-0.4, -0.2) is 28.0 Å². The molecule has 0 spiro atoms. The third kappa shape index (κ3) is 5.12. The van der Waals surface area contributed by atoms with Crippen LogP contribution >= 0.6 is 0 Å². The Morgan fingerprint density at radius 2 is 1.83 bits per heavy atom. The monoisotopic (exact) mass is 344 g/mol. The molecular formula is C10H6F6N4O3. The van der Waals surface area contributed by atoms with Crippen LogP contribution in [0.1, 0.15) is 0 Å². The average Bonchev–Trinajstić information content (AvgIpc) is 2.40. The molecule has 0 amide bonds. The van der Waals surface area contributed by atoms with Crippen molar-refractivity contribution in [2.45, 2.75) is 12.4 Å². The van der Waals surface area contributed by atoms with Gasteiger partial charge < -0.3 is 0 Å². The van der Waals surface area contributed by atoms with Crippen LogP contribution in [-0.2, 0) is 4.79 Å². The summed E-state index contributed by atoms with van der Waals surface area (Å²) in [6, 6.07) is 2.02. The second-order valence-corrected chi connectivity index (χ2v) is 3.80. The van der Waals surface area contributed by atoms with Gasteiger partial charge >= 0.3 is 18.0 Å². The number of anilines is 1. The lowest BCUT2D eigenvalue weighted by atomic mass is 10.3. The molecule has 0 unspecified atom stereocenters. The summed E-state index contributed by atoms with van der Waals surface area (Å²) in [6.07, 6.45) is -10.6. The molecule has 0 saturated heterocycles. The van der Waals surface area contributed by atoms with Crippen molar-refractivity contribution in [3.63, 3.8) is 0 Å². The van der Waals surface area contributed by atoms with Crippen molar-refractivity contribution in [1.29, 1.82) is 0 Å². The number of allylic oxidation sites excluding steroid dienone is 2. The number of halogens is 6. The number of carbonyl (C=O) groups excluding carboxylic acids is 1. The molecule has 0 atom stereocenters. The Labute approximate surface area is 123 Å². The van der Waals surface area contributed by atoms with Crippen molar-refractivity contribution in [1.82, 2.24) is 10.4 Å². The molecule has 0 aromatic carbocycles. The van der Waals surface area contributed by atoms with Gasteiger partial charge in [-0.15, -0.1) is 0 Å². The summed E-state index contributed by atoms with van der Waals surface area (Å²) >= 11 is 0. The molecule has 0 fully saturated rings. The number of aromatic nitrogens is 1. The van der Waals surface area contributed by atoms with Crippen molar-refractivity contribution in [2.75, 3.05) is 5.43 Å². The summed E-state index contributed by atoms with van der Waals surface area (Å²) in [7, 11) is 0. The Morgan fingerprint density at radius 3 is 2.30 bits per heavy atom. The first kappa shape index (κ1) is 18.2. The zero-order valence-electron chi connectivity index (χ0n) is 10.7. The molecule has 13 heteroatoms. The van der Waals surface area contributed by atoms with E-state index in [2.05, 4.69) is 4.98 Å². The van der Waals surface area contributed by atoms with E-state index in [1.165, 1.54) is 5.43 Å². The lowest BCUT2D eigenvalue weighted by Crippen LogP contribution is -2.33. The van der Waals surface area contributed by atoms with Gasteiger partial charge in [0.1, 0.15) is 5.70 Å².